The van der Waals surface area contributed by atoms with Crippen LogP contribution in [0, 0.1) is 0 Å². The maximum Gasteiger partial charge on any atom is 0.235 e. The Morgan fingerprint density at radius 3 is 2.27 bits per heavy atom. The van der Waals surface area contributed by atoms with Crippen molar-refractivity contribution in [1.82, 2.24) is 0 Å². The van der Waals surface area contributed by atoms with E-state index < -0.39 is 0 Å². The predicted octanol–water partition coefficient (Wildman–Crippen LogP) is 3.45. The highest BCUT2D eigenvalue weighted by Gasteiger charge is 2.16. The second-order valence-electron chi connectivity index (χ2n) is 4.69. The summed E-state index contributed by atoms with van der Waals surface area (Å²) in [6.07, 6.45) is 0. The number of carbonyl (C=O) groups is 3. The molecule has 5 heteroatoms. The van der Waals surface area contributed by atoms with Crippen molar-refractivity contribution in [2.24, 2.45) is 0 Å². The van der Waals surface area contributed by atoms with Crippen LogP contribution in [0.1, 0.15) is 33.2 Å². The number of carbonyl (C=O) groups excluding carboxylic acids is 3. The number of amides is 1. The molecule has 0 atom stereocenters. The summed E-state index contributed by atoms with van der Waals surface area (Å²) < 4.78 is 0. The molecule has 0 bridgehead atoms. The molecular formula is C17H14BrNO3. The summed E-state index contributed by atoms with van der Waals surface area (Å²) in [6, 6.07) is 13.4. The van der Waals surface area contributed by atoms with E-state index in [9.17, 15) is 14.4 Å². The van der Waals surface area contributed by atoms with Gasteiger partial charge in [-0.15, -0.1) is 0 Å². The monoisotopic (exact) mass is 359 g/mol. The van der Waals surface area contributed by atoms with Crippen molar-refractivity contribution in [2.45, 2.75) is 6.92 Å². The van der Waals surface area contributed by atoms with E-state index in [1.165, 1.54) is 13.0 Å². The highest BCUT2D eigenvalue weighted by Crippen LogP contribution is 2.22. The molecule has 0 aromatic heterocycles. The van der Waals surface area contributed by atoms with E-state index in [2.05, 4.69) is 21.2 Å². The van der Waals surface area contributed by atoms with Crippen LogP contribution in [0.4, 0.5) is 5.69 Å². The molecule has 1 N–H and O–H groups in total. The van der Waals surface area contributed by atoms with Crippen LogP contribution in [0.25, 0.3) is 0 Å². The fourth-order valence-corrected chi connectivity index (χ4v) is 2.13. The maximum absolute atomic E-state index is 12.6. The number of benzene rings is 2. The van der Waals surface area contributed by atoms with Gasteiger partial charge in [0.25, 0.3) is 0 Å². The van der Waals surface area contributed by atoms with E-state index in [-0.39, 0.29) is 22.8 Å². The molecule has 0 saturated heterocycles. The van der Waals surface area contributed by atoms with Crippen LogP contribution in [-0.2, 0) is 4.79 Å². The first-order chi connectivity index (χ1) is 10.5. The molecule has 2 rings (SSSR count). The topological polar surface area (TPSA) is 63.2 Å². The van der Waals surface area contributed by atoms with E-state index in [0.29, 0.717) is 22.4 Å². The van der Waals surface area contributed by atoms with Gasteiger partial charge in [0.15, 0.2) is 11.6 Å². The first-order valence-corrected chi connectivity index (χ1v) is 7.75. The lowest BCUT2D eigenvalue weighted by molar-refractivity contribution is -0.113. The zero-order valence-corrected chi connectivity index (χ0v) is 13.5. The first-order valence-electron chi connectivity index (χ1n) is 6.63. The molecule has 2 aromatic rings. The summed E-state index contributed by atoms with van der Waals surface area (Å²) in [7, 11) is 0. The number of ketones is 2. The van der Waals surface area contributed by atoms with Crippen LogP contribution in [-0.4, -0.2) is 22.8 Å². The smallest absolute Gasteiger partial charge is 0.235 e. The SMILES string of the molecule is CC(=O)c1ccc(NC(=O)CBr)c(C(=O)c2ccccc2)c1. The molecule has 0 saturated carbocycles. The molecule has 0 aliphatic carbocycles. The lowest BCUT2D eigenvalue weighted by atomic mass is 9.98. The molecule has 22 heavy (non-hydrogen) atoms. The predicted molar refractivity (Wildman–Crippen MR) is 88.7 cm³/mol. The zero-order valence-electron chi connectivity index (χ0n) is 11.9. The largest absolute Gasteiger partial charge is 0.325 e. The van der Waals surface area contributed by atoms with Crippen LogP contribution >= 0.6 is 15.9 Å². The number of halogens is 1. The van der Waals surface area contributed by atoms with Gasteiger partial charge in [-0.1, -0.05) is 46.3 Å². The molecule has 0 aliphatic rings. The molecule has 0 spiro atoms. The molecule has 4 nitrogen and oxygen atoms in total. The van der Waals surface area contributed by atoms with Gasteiger partial charge in [-0.05, 0) is 25.1 Å². The minimum atomic E-state index is -0.266. The van der Waals surface area contributed by atoms with Crippen LogP contribution in [0.15, 0.2) is 48.5 Å². The van der Waals surface area contributed by atoms with Crippen molar-refractivity contribution in [2.75, 3.05) is 10.6 Å². The van der Waals surface area contributed by atoms with Crippen molar-refractivity contribution in [1.29, 1.82) is 0 Å². The van der Waals surface area contributed by atoms with Gasteiger partial charge >= 0.3 is 0 Å². The van der Waals surface area contributed by atoms with Gasteiger partial charge in [-0.25, -0.2) is 0 Å². The van der Waals surface area contributed by atoms with Crippen LogP contribution < -0.4 is 5.32 Å². The third-order valence-electron chi connectivity index (χ3n) is 3.10. The number of anilines is 1. The fraction of sp³-hybridized carbons (Fsp3) is 0.118. The van der Waals surface area contributed by atoms with Gasteiger partial charge in [0.2, 0.25) is 5.91 Å². The van der Waals surface area contributed by atoms with Gasteiger partial charge in [0.05, 0.1) is 11.0 Å². The highest BCUT2D eigenvalue weighted by molar-refractivity contribution is 9.09. The van der Waals surface area contributed by atoms with Crippen molar-refractivity contribution in [3.8, 4) is 0 Å². The van der Waals surface area contributed by atoms with Crippen molar-refractivity contribution in [3.63, 3.8) is 0 Å². The maximum atomic E-state index is 12.6. The number of alkyl halides is 1. The summed E-state index contributed by atoms with van der Waals surface area (Å²) in [5.41, 5.74) is 1.62. The Hall–Kier alpha value is -2.27. The third kappa shape index (κ3) is 3.68. The van der Waals surface area contributed by atoms with E-state index in [1.54, 1.807) is 36.4 Å². The van der Waals surface area contributed by atoms with Gasteiger partial charge in [-0.2, -0.15) is 0 Å². The standard InChI is InChI=1S/C17H14BrNO3/c1-11(20)13-7-8-15(19-16(21)10-18)14(9-13)17(22)12-5-3-2-4-6-12/h2-9H,10H2,1H3,(H,19,21). The average molecular weight is 360 g/mol. The summed E-state index contributed by atoms with van der Waals surface area (Å²) in [4.78, 5) is 35.8. The molecule has 0 heterocycles. The molecule has 0 radical (unpaired) electrons. The molecular weight excluding hydrogens is 346 g/mol. The molecule has 2 aromatic carbocycles. The summed E-state index contributed by atoms with van der Waals surface area (Å²) in [6.45, 7) is 1.43. The minimum absolute atomic E-state index is 0.125. The molecule has 0 unspecified atom stereocenters. The van der Waals surface area contributed by atoms with Crippen molar-refractivity contribution < 1.29 is 14.4 Å². The van der Waals surface area contributed by atoms with Crippen LogP contribution in [0.5, 0.6) is 0 Å². The molecule has 1 amide bonds. The Kier molecular flexibility index (Phi) is 5.22. The molecule has 0 fully saturated rings. The average Bonchev–Trinajstić information content (AvgIpc) is 2.55. The number of rotatable bonds is 5. The Labute approximate surface area is 136 Å². The minimum Gasteiger partial charge on any atom is -0.325 e. The number of nitrogens with one attached hydrogen (secondary N) is 1. The second kappa shape index (κ2) is 7.13. The number of hydrogen-bond acceptors (Lipinski definition) is 3. The van der Waals surface area contributed by atoms with Gasteiger partial charge < -0.3 is 5.32 Å². The van der Waals surface area contributed by atoms with E-state index in [1.807, 2.05) is 6.07 Å². The second-order valence-corrected chi connectivity index (χ2v) is 5.25. The molecule has 0 aliphatic heterocycles. The quantitative estimate of drug-likeness (QED) is 0.656. The Morgan fingerprint density at radius 2 is 1.68 bits per heavy atom. The van der Waals surface area contributed by atoms with E-state index >= 15 is 0 Å². The zero-order chi connectivity index (χ0) is 16.1. The number of hydrogen-bond donors (Lipinski definition) is 1. The van der Waals surface area contributed by atoms with Crippen molar-refractivity contribution in [3.05, 3.63) is 65.2 Å². The highest BCUT2D eigenvalue weighted by atomic mass is 79.9. The third-order valence-corrected chi connectivity index (χ3v) is 3.61. The Balaban J connectivity index is 2.49. The van der Waals surface area contributed by atoms with Crippen LogP contribution in [0.2, 0.25) is 0 Å². The van der Waals surface area contributed by atoms with Crippen molar-refractivity contribution >= 4 is 39.1 Å². The summed E-state index contributed by atoms with van der Waals surface area (Å²) >= 11 is 3.07. The van der Waals surface area contributed by atoms with E-state index in [4.69, 9.17) is 0 Å². The van der Waals surface area contributed by atoms with Gasteiger partial charge in [0, 0.05) is 16.7 Å². The normalized spacial score (nSPS) is 10.1. The number of Topliss-reactive ketones (excluding diaryl/α,β-unsaturated/α-hetero) is 1. The van der Waals surface area contributed by atoms with Crippen LogP contribution in [0.3, 0.4) is 0 Å². The Bertz CT molecular complexity index is 726. The van der Waals surface area contributed by atoms with Gasteiger partial charge in [-0.3, -0.25) is 14.4 Å². The van der Waals surface area contributed by atoms with E-state index in [0.717, 1.165) is 0 Å². The lowest BCUT2D eigenvalue weighted by Crippen LogP contribution is -2.16. The molecule has 112 valence electrons. The first kappa shape index (κ1) is 16.1. The summed E-state index contributed by atoms with van der Waals surface area (Å²) in [5.74, 6) is -0.647. The lowest BCUT2D eigenvalue weighted by Gasteiger charge is -2.11. The summed E-state index contributed by atoms with van der Waals surface area (Å²) in [5, 5.41) is 2.78. The van der Waals surface area contributed by atoms with Gasteiger partial charge in [0.1, 0.15) is 0 Å². The fourth-order valence-electron chi connectivity index (χ4n) is 1.99. The Morgan fingerprint density at radius 1 is 1.00 bits per heavy atom.